The number of carbonyl (C=O) groups excluding carboxylic acids is 1. The van der Waals surface area contributed by atoms with Crippen molar-refractivity contribution in [3.05, 3.63) is 55.1 Å². The van der Waals surface area contributed by atoms with Gasteiger partial charge in [0, 0.05) is 5.02 Å². The molecule has 0 radical (unpaired) electrons. The van der Waals surface area contributed by atoms with E-state index < -0.39 is 18.5 Å². The summed E-state index contributed by atoms with van der Waals surface area (Å²) in [6.45, 7) is 1.68. The van der Waals surface area contributed by atoms with Gasteiger partial charge in [0.15, 0.2) is 18.1 Å². The lowest BCUT2D eigenvalue weighted by molar-refractivity contribution is -0.139. The van der Waals surface area contributed by atoms with Gasteiger partial charge in [-0.05, 0) is 65.4 Å². The van der Waals surface area contributed by atoms with E-state index >= 15 is 0 Å². The fraction of sp³-hybridized carbons (Fsp3) is 0.167. The highest BCUT2D eigenvalue weighted by Gasteiger charge is 2.14. The molecule has 0 aliphatic heterocycles. The van der Waals surface area contributed by atoms with E-state index in [1.165, 1.54) is 18.3 Å². The molecule has 10 heteroatoms. The molecule has 0 saturated heterocycles. The van der Waals surface area contributed by atoms with Gasteiger partial charge in [-0.1, -0.05) is 23.2 Å². The zero-order valence-corrected chi connectivity index (χ0v) is 18.2. The Morgan fingerprint density at radius 3 is 2.64 bits per heavy atom. The summed E-state index contributed by atoms with van der Waals surface area (Å²) in [5, 5.41) is 13.3. The van der Waals surface area contributed by atoms with Crippen LogP contribution in [0.15, 0.2) is 35.4 Å². The number of hydrogen-bond acceptors (Lipinski definition) is 5. The third kappa shape index (κ3) is 6.25. The Morgan fingerprint density at radius 2 is 2.00 bits per heavy atom. The van der Waals surface area contributed by atoms with E-state index in [4.69, 9.17) is 37.8 Å². The number of nitrogens with one attached hydrogen (secondary N) is 1. The summed E-state index contributed by atoms with van der Waals surface area (Å²) in [6.07, 6.45) is 1.42. The van der Waals surface area contributed by atoms with Crippen LogP contribution in [0.5, 0.6) is 11.5 Å². The van der Waals surface area contributed by atoms with Crippen molar-refractivity contribution < 1.29 is 24.2 Å². The number of hydrazone groups is 1. The van der Waals surface area contributed by atoms with E-state index in [-0.39, 0.29) is 10.6 Å². The predicted molar refractivity (Wildman–Crippen MR) is 115 cm³/mol. The molecule has 2 N–H and O–H groups in total. The quantitative estimate of drug-likeness (QED) is 0.299. The smallest absolute Gasteiger partial charge is 0.341 e. The standard InChI is InChI=1S/C18H15Cl2IN2O5/c1-2-27-15-6-10(5-14(21)17(15)28-9-16(24)25)8-22-23-18(26)12-4-3-11(19)7-13(12)20/h3-8H,2,9H2,1H3,(H,23,26)(H,24,25)/b22-8-. The molecule has 0 unspecified atom stereocenters. The molecule has 7 nitrogen and oxygen atoms in total. The maximum Gasteiger partial charge on any atom is 0.341 e. The van der Waals surface area contributed by atoms with Crippen LogP contribution in [-0.4, -0.2) is 36.4 Å². The monoisotopic (exact) mass is 536 g/mol. The summed E-state index contributed by atoms with van der Waals surface area (Å²) >= 11 is 13.8. The van der Waals surface area contributed by atoms with Gasteiger partial charge in [-0.3, -0.25) is 4.79 Å². The Balaban J connectivity index is 2.16. The van der Waals surface area contributed by atoms with Gasteiger partial charge >= 0.3 is 5.97 Å². The minimum Gasteiger partial charge on any atom is -0.490 e. The molecule has 0 spiro atoms. The number of halogens is 3. The van der Waals surface area contributed by atoms with Crippen molar-refractivity contribution in [3.63, 3.8) is 0 Å². The Labute approximate surface area is 184 Å². The third-order valence-electron chi connectivity index (χ3n) is 3.23. The van der Waals surface area contributed by atoms with Gasteiger partial charge in [0.2, 0.25) is 0 Å². The van der Waals surface area contributed by atoms with Gasteiger partial charge in [0.05, 0.1) is 27.0 Å². The van der Waals surface area contributed by atoms with Gasteiger partial charge in [-0.25, -0.2) is 10.2 Å². The van der Waals surface area contributed by atoms with E-state index in [9.17, 15) is 9.59 Å². The van der Waals surface area contributed by atoms with Gasteiger partial charge in [0.25, 0.3) is 5.91 Å². The van der Waals surface area contributed by atoms with Crippen LogP contribution in [0.25, 0.3) is 0 Å². The number of ether oxygens (including phenoxy) is 2. The topological polar surface area (TPSA) is 97.2 Å². The maximum absolute atomic E-state index is 12.2. The minimum atomic E-state index is -1.09. The Morgan fingerprint density at radius 1 is 1.25 bits per heavy atom. The molecule has 0 atom stereocenters. The second-order valence-corrected chi connectivity index (χ2v) is 7.27. The molecule has 2 rings (SSSR count). The van der Waals surface area contributed by atoms with Crippen molar-refractivity contribution in [3.8, 4) is 11.5 Å². The van der Waals surface area contributed by atoms with Crippen LogP contribution in [0.1, 0.15) is 22.8 Å². The Bertz CT molecular complexity index is 921. The van der Waals surface area contributed by atoms with Crippen LogP contribution >= 0.6 is 45.8 Å². The normalized spacial score (nSPS) is 10.7. The molecule has 0 aliphatic carbocycles. The summed E-state index contributed by atoms with van der Waals surface area (Å²) in [5.41, 5.74) is 3.25. The van der Waals surface area contributed by atoms with E-state index in [1.54, 1.807) is 25.1 Å². The van der Waals surface area contributed by atoms with Crippen molar-refractivity contribution in [2.75, 3.05) is 13.2 Å². The van der Waals surface area contributed by atoms with Crippen molar-refractivity contribution in [1.29, 1.82) is 0 Å². The van der Waals surface area contributed by atoms with Gasteiger partial charge < -0.3 is 14.6 Å². The average molecular weight is 537 g/mol. The van der Waals surface area contributed by atoms with E-state index in [0.717, 1.165) is 0 Å². The second kappa shape index (κ2) is 10.5. The summed E-state index contributed by atoms with van der Waals surface area (Å²) in [6, 6.07) is 7.87. The van der Waals surface area contributed by atoms with Gasteiger partial charge in [0.1, 0.15) is 0 Å². The number of amides is 1. The first-order chi connectivity index (χ1) is 13.3. The third-order valence-corrected chi connectivity index (χ3v) is 4.58. The highest BCUT2D eigenvalue weighted by molar-refractivity contribution is 14.1. The number of nitrogens with zero attached hydrogens (tertiary/aromatic N) is 1. The molecule has 28 heavy (non-hydrogen) atoms. The van der Waals surface area contributed by atoms with Crippen molar-refractivity contribution >= 4 is 63.9 Å². The van der Waals surface area contributed by atoms with E-state index in [0.29, 0.717) is 32.3 Å². The Kier molecular flexibility index (Phi) is 8.34. The number of carboxylic acid groups (broad SMARTS) is 1. The molecule has 0 aromatic heterocycles. The number of benzene rings is 2. The lowest BCUT2D eigenvalue weighted by Crippen LogP contribution is -2.18. The highest BCUT2D eigenvalue weighted by atomic mass is 127. The lowest BCUT2D eigenvalue weighted by Gasteiger charge is -2.13. The van der Waals surface area contributed by atoms with Crippen LogP contribution in [0.4, 0.5) is 0 Å². The molecule has 1 amide bonds. The molecule has 0 fully saturated rings. The van der Waals surface area contributed by atoms with Crippen LogP contribution in [0, 0.1) is 3.57 Å². The molecule has 148 valence electrons. The maximum atomic E-state index is 12.2. The number of carbonyl (C=O) groups is 2. The van der Waals surface area contributed by atoms with Gasteiger partial charge in [-0.15, -0.1) is 0 Å². The number of rotatable bonds is 8. The molecule has 2 aromatic carbocycles. The van der Waals surface area contributed by atoms with Crippen LogP contribution in [0.2, 0.25) is 10.0 Å². The number of hydrogen-bond donors (Lipinski definition) is 2. The number of aliphatic carboxylic acids is 1. The van der Waals surface area contributed by atoms with Crippen molar-refractivity contribution in [2.24, 2.45) is 5.10 Å². The molecular formula is C18H15Cl2IN2O5. The first-order valence-electron chi connectivity index (χ1n) is 7.91. The first-order valence-corrected chi connectivity index (χ1v) is 9.74. The fourth-order valence-corrected chi connectivity index (χ4v) is 3.37. The summed E-state index contributed by atoms with van der Waals surface area (Å²) in [7, 11) is 0. The molecule has 0 bridgehead atoms. The van der Waals surface area contributed by atoms with Crippen LogP contribution < -0.4 is 14.9 Å². The summed E-state index contributed by atoms with van der Waals surface area (Å²) in [4.78, 5) is 22.9. The van der Waals surface area contributed by atoms with E-state index in [2.05, 4.69) is 10.5 Å². The summed E-state index contributed by atoms with van der Waals surface area (Å²) < 4.78 is 11.4. The average Bonchev–Trinajstić information content (AvgIpc) is 2.61. The second-order valence-electron chi connectivity index (χ2n) is 5.27. The van der Waals surface area contributed by atoms with E-state index in [1.807, 2.05) is 22.6 Å². The molecule has 0 heterocycles. The summed E-state index contributed by atoms with van der Waals surface area (Å²) in [5.74, 6) is -0.866. The fourth-order valence-electron chi connectivity index (χ4n) is 2.10. The van der Waals surface area contributed by atoms with Crippen molar-refractivity contribution in [2.45, 2.75) is 6.92 Å². The zero-order valence-electron chi connectivity index (χ0n) is 14.5. The molecular weight excluding hydrogens is 522 g/mol. The van der Waals surface area contributed by atoms with Crippen molar-refractivity contribution in [1.82, 2.24) is 5.43 Å². The van der Waals surface area contributed by atoms with Crippen LogP contribution in [0.3, 0.4) is 0 Å². The molecule has 2 aromatic rings. The molecule has 0 saturated carbocycles. The highest BCUT2D eigenvalue weighted by Crippen LogP contribution is 2.34. The Hall–Kier alpha value is -2.04. The predicted octanol–water partition coefficient (Wildman–Crippen LogP) is 4.22. The SMILES string of the molecule is CCOc1cc(/C=N\NC(=O)c2ccc(Cl)cc2Cl)cc(I)c1OCC(=O)O. The largest absolute Gasteiger partial charge is 0.490 e. The zero-order chi connectivity index (χ0) is 20.7. The molecule has 0 aliphatic rings. The number of carboxylic acids is 1. The van der Waals surface area contributed by atoms with Gasteiger partial charge in [-0.2, -0.15) is 5.10 Å². The first kappa shape index (κ1) is 22.3. The lowest BCUT2D eigenvalue weighted by atomic mass is 10.2. The minimum absolute atomic E-state index is 0.216. The van der Waals surface area contributed by atoms with Crippen LogP contribution in [-0.2, 0) is 4.79 Å².